The van der Waals surface area contributed by atoms with Crippen molar-refractivity contribution in [2.24, 2.45) is 0 Å². The first-order valence-electron chi connectivity index (χ1n) is 7.33. The van der Waals surface area contributed by atoms with Crippen LogP contribution in [-0.2, 0) is 6.54 Å². The van der Waals surface area contributed by atoms with Crippen LogP contribution in [0.3, 0.4) is 0 Å². The highest BCUT2D eigenvalue weighted by Crippen LogP contribution is 2.24. The lowest BCUT2D eigenvalue weighted by Crippen LogP contribution is -2.30. The maximum absolute atomic E-state index is 12.2. The topological polar surface area (TPSA) is 53.4 Å². The van der Waals surface area contributed by atoms with Crippen molar-refractivity contribution in [2.75, 3.05) is 46.1 Å². The zero-order valence-corrected chi connectivity index (χ0v) is 14.6. The van der Waals surface area contributed by atoms with Crippen molar-refractivity contribution in [1.82, 2.24) is 19.6 Å². The minimum Gasteiger partial charge on any atom is -0.381 e. The minimum atomic E-state index is -0.0857. The maximum Gasteiger partial charge on any atom is 0.283 e. The summed E-state index contributed by atoms with van der Waals surface area (Å²) in [7, 11) is 6.10. The van der Waals surface area contributed by atoms with Gasteiger partial charge in [0.25, 0.3) is 5.56 Å². The number of nitrogens with one attached hydrogen (secondary N) is 1. The molecule has 118 valence electrons. The number of anilines is 1. The van der Waals surface area contributed by atoms with Gasteiger partial charge in [-0.2, -0.15) is 5.10 Å². The molecule has 0 aromatic carbocycles. The van der Waals surface area contributed by atoms with Gasteiger partial charge in [-0.15, -0.1) is 0 Å². The lowest BCUT2D eigenvalue weighted by Gasteiger charge is -2.17. The van der Waals surface area contributed by atoms with Crippen molar-refractivity contribution in [3.63, 3.8) is 0 Å². The Morgan fingerprint density at radius 2 is 2.10 bits per heavy atom. The van der Waals surface area contributed by atoms with Crippen LogP contribution in [0.4, 0.5) is 5.69 Å². The Labute approximate surface area is 134 Å². The van der Waals surface area contributed by atoms with Crippen LogP contribution in [0.1, 0.15) is 12.8 Å². The van der Waals surface area contributed by atoms with E-state index in [0.717, 1.165) is 31.4 Å². The second kappa shape index (κ2) is 7.38. The fourth-order valence-electron chi connectivity index (χ4n) is 2.11. The molecule has 2 rings (SSSR count). The van der Waals surface area contributed by atoms with Crippen LogP contribution in [0, 0.1) is 0 Å². The molecule has 1 aliphatic carbocycles. The van der Waals surface area contributed by atoms with E-state index in [-0.39, 0.29) is 5.56 Å². The number of hydrogen-bond acceptors (Lipinski definition) is 5. The van der Waals surface area contributed by atoms with Gasteiger partial charge in [0.2, 0.25) is 0 Å². The second-order valence-electron chi connectivity index (χ2n) is 5.84. The van der Waals surface area contributed by atoms with Crippen molar-refractivity contribution in [2.45, 2.75) is 25.4 Å². The molecule has 0 spiro atoms. The Kier molecular flexibility index (Phi) is 5.78. The largest absolute Gasteiger partial charge is 0.381 e. The van der Waals surface area contributed by atoms with E-state index in [9.17, 15) is 4.79 Å². The highest BCUT2D eigenvalue weighted by Gasteiger charge is 2.25. The first-order valence-corrected chi connectivity index (χ1v) is 8.13. The van der Waals surface area contributed by atoms with Gasteiger partial charge in [-0.1, -0.05) is 0 Å². The summed E-state index contributed by atoms with van der Waals surface area (Å²) in [5.74, 6) is 0. The molecule has 0 amide bonds. The van der Waals surface area contributed by atoms with Gasteiger partial charge >= 0.3 is 0 Å². The molecule has 0 bridgehead atoms. The molecule has 0 radical (unpaired) electrons. The lowest BCUT2D eigenvalue weighted by molar-refractivity contribution is 0.337. The number of hydrogen-bond donors (Lipinski definition) is 1. The number of likely N-dealkylation sites (N-methyl/N-ethyl adjacent to an activating group) is 2. The molecule has 7 heteroatoms. The zero-order chi connectivity index (χ0) is 15.4. The molecule has 0 atom stereocenters. The summed E-state index contributed by atoms with van der Waals surface area (Å²) in [5.41, 5.74) is 0.683. The maximum atomic E-state index is 12.2. The van der Waals surface area contributed by atoms with Crippen molar-refractivity contribution >= 4 is 21.6 Å². The van der Waals surface area contributed by atoms with Crippen molar-refractivity contribution in [1.29, 1.82) is 0 Å². The van der Waals surface area contributed by atoms with Crippen LogP contribution < -0.4 is 10.9 Å². The van der Waals surface area contributed by atoms with Crippen LogP contribution >= 0.6 is 15.9 Å². The first-order chi connectivity index (χ1) is 9.99. The van der Waals surface area contributed by atoms with Crippen molar-refractivity contribution in [3.8, 4) is 0 Å². The quantitative estimate of drug-likeness (QED) is 0.754. The Bertz CT molecular complexity index is 527. The molecule has 0 saturated heterocycles. The molecule has 21 heavy (non-hydrogen) atoms. The van der Waals surface area contributed by atoms with Crippen LogP contribution in [0.5, 0.6) is 0 Å². The molecule has 1 aliphatic rings. The average molecular weight is 358 g/mol. The third-order valence-corrected chi connectivity index (χ3v) is 4.46. The molecule has 1 heterocycles. The van der Waals surface area contributed by atoms with E-state index in [1.807, 2.05) is 19.0 Å². The first kappa shape index (κ1) is 16.5. The minimum absolute atomic E-state index is 0.0857. The zero-order valence-electron chi connectivity index (χ0n) is 13.0. The summed E-state index contributed by atoms with van der Waals surface area (Å²) in [6.45, 7) is 3.17. The number of halogens is 1. The Balaban J connectivity index is 1.91. The normalized spacial score (nSPS) is 15.0. The van der Waals surface area contributed by atoms with Crippen LogP contribution in [0.15, 0.2) is 15.5 Å². The molecule has 1 aromatic rings. The van der Waals surface area contributed by atoms with Gasteiger partial charge in [-0.3, -0.25) is 4.79 Å². The van der Waals surface area contributed by atoms with Crippen LogP contribution in [0.2, 0.25) is 0 Å². The summed E-state index contributed by atoms with van der Waals surface area (Å²) in [4.78, 5) is 16.6. The van der Waals surface area contributed by atoms with Gasteiger partial charge in [0.15, 0.2) is 0 Å². The number of aromatic nitrogens is 2. The van der Waals surface area contributed by atoms with Gasteiger partial charge in [-0.25, -0.2) is 4.68 Å². The monoisotopic (exact) mass is 357 g/mol. The summed E-state index contributed by atoms with van der Waals surface area (Å²) in [6.07, 6.45) is 4.34. The summed E-state index contributed by atoms with van der Waals surface area (Å²) >= 11 is 3.38. The number of nitrogens with zero attached hydrogens (tertiary/aromatic N) is 4. The molecule has 0 aliphatic heterocycles. The average Bonchev–Trinajstić information content (AvgIpc) is 3.26. The molecule has 1 saturated carbocycles. The highest BCUT2D eigenvalue weighted by molar-refractivity contribution is 9.10. The standard InChI is InChI=1S/C14H24BrN5O/c1-18(2)8-9-20-14(21)13(15)12(10-17-20)16-6-7-19(3)11-4-5-11/h10-11,16H,4-9H2,1-3H3. The van der Waals surface area contributed by atoms with Gasteiger partial charge in [0.1, 0.15) is 4.47 Å². The van der Waals surface area contributed by atoms with E-state index in [0.29, 0.717) is 11.0 Å². The van der Waals surface area contributed by atoms with E-state index < -0.39 is 0 Å². The van der Waals surface area contributed by atoms with E-state index in [4.69, 9.17) is 0 Å². The SMILES string of the molecule is CN(C)CCn1ncc(NCCN(C)C2CC2)c(Br)c1=O. The molecular weight excluding hydrogens is 334 g/mol. The number of rotatable bonds is 8. The third kappa shape index (κ3) is 4.79. The van der Waals surface area contributed by atoms with Gasteiger partial charge in [-0.05, 0) is 49.9 Å². The van der Waals surface area contributed by atoms with E-state index in [1.54, 1.807) is 6.20 Å². The molecule has 1 fully saturated rings. The van der Waals surface area contributed by atoms with E-state index in [2.05, 4.69) is 38.3 Å². The Morgan fingerprint density at radius 3 is 2.71 bits per heavy atom. The summed E-state index contributed by atoms with van der Waals surface area (Å²) in [5, 5.41) is 7.51. The molecule has 0 unspecified atom stereocenters. The summed E-state index contributed by atoms with van der Waals surface area (Å²) in [6, 6.07) is 0.757. The molecule has 6 nitrogen and oxygen atoms in total. The van der Waals surface area contributed by atoms with E-state index >= 15 is 0 Å². The van der Waals surface area contributed by atoms with Crippen molar-refractivity contribution < 1.29 is 0 Å². The smallest absolute Gasteiger partial charge is 0.283 e. The molecular formula is C14H24BrN5O. The molecule has 1 aromatic heterocycles. The third-order valence-electron chi connectivity index (χ3n) is 3.69. The van der Waals surface area contributed by atoms with Gasteiger partial charge < -0.3 is 15.1 Å². The fourth-order valence-corrected chi connectivity index (χ4v) is 2.55. The van der Waals surface area contributed by atoms with Gasteiger partial charge in [0.05, 0.1) is 18.4 Å². The molecule has 1 N–H and O–H groups in total. The predicted octanol–water partition coefficient (Wildman–Crippen LogP) is 1.07. The van der Waals surface area contributed by atoms with Crippen LogP contribution in [-0.4, -0.2) is 66.4 Å². The Hall–Kier alpha value is -0.920. The van der Waals surface area contributed by atoms with E-state index in [1.165, 1.54) is 17.5 Å². The van der Waals surface area contributed by atoms with Gasteiger partial charge in [0, 0.05) is 25.7 Å². The Morgan fingerprint density at radius 1 is 1.38 bits per heavy atom. The predicted molar refractivity (Wildman–Crippen MR) is 88.9 cm³/mol. The van der Waals surface area contributed by atoms with Crippen molar-refractivity contribution in [3.05, 3.63) is 21.0 Å². The fraction of sp³-hybridized carbons (Fsp3) is 0.714. The highest BCUT2D eigenvalue weighted by atomic mass is 79.9. The van der Waals surface area contributed by atoms with Crippen LogP contribution in [0.25, 0.3) is 0 Å². The second-order valence-corrected chi connectivity index (χ2v) is 6.64. The summed E-state index contributed by atoms with van der Waals surface area (Å²) < 4.78 is 2.05. The lowest BCUT2D eigenvalue weighted by atomic mass is 10.4.